The molecule has 1 rings (SSSR count). The number of unbranched alkanes of at least 4 members (excludes halogenated alkanes) is 1. The van der Waals surface area contributed by atoms with Gasteiger partial charge in [0.25, 0.3) is 5.91 Å². The van der Waals surface area contributed by atoms with Crippen molar-refractivity contribution in [1.82, 2.24) is 5.32 Å². The van der Waals surface area contributed by atoms with Crippen molar-refractivity contribution in [2.75, 3.05) is 6.54 Å². The molecule has 0 spiro atoms. The van der Waals surface area contributed by atoms with Crippen LogP contribution >= 0.6 is 15.9 Å². The maximum Gasteiger partial charge on any atom is 0.260 e. The molecule has 2 unspecified atom stereocenters. The second-order valence-electron chi connectivity index (χ2n) is 4.88. The molecule has 20 heavy (non-hydrogen) atoms. The number of benzene rings is 1. The molecule has 0 aliphatic heterocycles. The zero-order chi connectivity index (χ0) is 15.1. The molecular formula is C15H23BrN2O2. The summed E-state index contributed by atoms with van der Waals surface area (Å²) < 4.78 is 6.66. The topological polar surface area (TPSA) is 64.3 Å². The highest BCUT2D eigenvalue weighted by Crippen LogP contribution is 2.28. The SMILES string of the molecule is CCCCNC(=O)C(C)Oc1cc(Br)ccc1C(C)N. The first-order valence-electron chi connectivity index (χ1n) is 6.95. The highest BCUT2D eigenvalue weighted by atomic mass is 79.9. The van der Waals surface area contributed by atoms with Gasteiger partial charge in [0.1, 0.15) is 5.75 Å². The molecule has 2 atom stereocenters. The lowest BCUT2D eigenvalue weighted by Gasteiger charge is -2.19. The second kappa shape index (κ2) is 8.27. The van der Waals surface area contributed by atoms with Crippen molar-refractivity contribution in [2.45, 2.75) is 45.8 Å². The van der Waals surface area contributed by atoms with Crippen molar-refractivity contribution < 1.29 is 9.53 Å². The van der Waals surface area contributed by atoms with Crippen LogP contribution in [0.25, 0.3) is 0 Å². The van der Waals surface area contributed by atoms with Crippen LogP contribution in [0.1, 0.15) is 45.2 Å². The highest BCUT2D eigenvalue weighted by molar-refractivity contribution is 9.10. The van der Waals surface area contributed by atoms with E-state index in [9.17, 15) is 4.79 Å². The van der Waals surface area contributed by atoms with Crippen LogP contribution in [0.2, 0.25) is 0 Å². The molecule has 4 nitrogen and oxygen atoms in total. The molecule has 0 bridgehead atoms. The first kappa shape index (κ1) is 17.0. The Kier molecular flexibility index (Phi) is 7.02. The van der Waals surface area contributed by atoms with E-state index in [4.69, 9.17) is 10.5 Å². The maximum absolute atomic E-state index is 11.9. The average molecular weight is 343 g/mol. The van der Waals surface area contributed by atoms with Gasteiger partial charge < -0.3 is 15.8 Å². The third-order valence-corrected chi connectivity index (χ3v) is 3.46. The molecule has 1 aromatic rings. The lowest BCUT2D eigenvalue weighted by Crippen LogP contribution is -2.37. The number of nitrogens with one attached hydrogen (secondary N) is 1. The number of hydrogen-bond acceptors (Lipinski definition) is 3. The summed E-state index contributed by atoms with van der Waals surface area (Å²) in [7, 11) is 0. The summed E-state index contributed by atoms with van der Waals surface area (Å²) in [6, 6.07) is 5.52. The number of ether oxygens (including phenoxy) is 1. The molecule has 0 aromatic heterocycles. The maximum atomic E-state index is 11.9. The van der Waals surface area contributed by atoms with E-state index in [0.29, 0.717) is 12.3 Å². The molecule has 0 fully saturated rings. The summed E-state index contributed by atoms with van der Waals surface area (Å²) in [5.41, 5.74) is 6.81. The fourth-order valence-electron chi connectivity index (χ4n) is 1.76. The Balaban J connectivity index is 2.71. The van der Waals surface area contributed by atoms with Crippen LogP contribution in [0, 0.1) is 0 Å². The smallest absolute Gasteiger partial charge is 0.260 e. The summed E-state index contributed by atoms with van der Waals surface area (Å²) in [4.78, 5) is 11.9. The van der Waals surface area contributed by atoms with Gasteiger partial charge in [-0.15, -0.1) is 0 Å². The Bertz CT molecular complexity index is 449. The van der Waals surface area contributed by atoms with Gasteiger partial charge in [-0.2, -0.15) is 0 Å². The Morgan fingerprint density at radius 1 is 1.45 bits per heavy atom. The summed E-state index contributed by atoms with van der Waals surface area (Å²) in [6.07, 6.45) is 1.48. The van der Waals surface area contributed by atoms with Gasteiger partial charge >= 0.3 is 0 Å². The normalized spacial score (nSPS) is 13.7. The van der Waals surface area contributed by atoms with E-state index in [2.05, 4.69) is 28.2 Å². The number of hydrogen-bond donors (Lipinski definition) is 2. The zero-order valence-corrected chi connectivity index (χ0v) is 13.9. The molecule has 0 saturated carbocycles. The first-order chi connectivity index (χ1) is 9.45. The van der Waals surface area contributed by atoms with Crippen LogP contribution in [0.15, 0.2) is 22.7 Å². The summed E-state index contributed by atoms with van der Waals surface area (Å²) in [6.45, 7) is 6.40. The molecule has 0 aliphatic rings. The Labute approximate surface area is 129 Å². The third-order valence-electron chi connectivity index (χ3n) is 2.97. The van der Waals surface area contributed by atoms with Crippen LogP contribution in [-0.2, 0) is 4.79 Å². The largest absolute Gasteiger partial charge is 0.481 e. The molecule has 0 saturated heterocycles. The number of halogens is 1. The number of rotatable bonds is 7. The molecule has 0 radical (unpaired) electrons. The predicted molar refractivity (Wildman–Crippen MR) is 84.8 cm³/mol. The van der Waals surface area contributed by atoms with Crippen molar-refractivity contribution in [3.63, 3.8) is 0 Å². The predicted octanol–water partition coefficient (Wildman–Crippen LogP) is 3.15. The first-order valence-corrected chi connectivity index (χ1v) is 7.74. The average Bonchev–Trinajstić information content (AvgIpc) is 2.38. The molecule has 112 valence electrons. The van der Waals surface area contributed by atoms with E-state index in [1.807, 2.05) is 25.1 Å². The van der Waals surface area contributed by atoms with Gasteiger partial charge in [-0.3, -0.25) is 4.79 Å². The lowest BCUT2D eigenvalue weighted by molar-refractivity contribution is -0.127. The van der Waals surface area contributed by atoms with Gasteiger partial charge in [0.15, 0.2) is 6.10 Å². The van der Waals surface area contributed by atoms with Crippen molar-refractivity contribution in [2.24, 2.45) is 5.73 Å². The monoisotopic (exact) mass is 342 g/mol. The van der Waals surface area contributed by atoms with Gasteiger partial charge in [0, 0.05) is 22.6 Å². The number of amides is 1. The van der Waals surface area contributed by atoms with Gasteiger partial charge in [-0.25, -0.2) is 0 Å². The van der Waals surface area contributed by atoms with Crippen molar-refractivity contribution in [3.8, 4) is 5.75 Å². The van der Waals surface area contributed by atoms with Gasteiger partial charge in [0.05, 0.1) is 0 Å². The standard InChI is InChI=1S/C15H23BrN2O2/c1-4-5-8-18-15(19)11(3)20-14-9-12(16)6-7-13(14)10(2)17/h6-7,9-11H,4-5,8,17H2,1-3H3,(H,18,19). The summed E-state index contributed by atoms with van der Waals surface area (Å²) in [5.74, 6) is 0.543. The number of nitrogens with two attached hydrogens (primary N) is 1. The quantitative estimate of drug-likeness (QED) is 0.748. The highest BCUT2D eigenvalue weighted by Gasteiger charge is 2.17. The second-order valence-corrected chi connectivity index (χ2v) is 5.79. The molecule has 5 heteroatoms. The van der Waals surface area contributed by atoms with Crippen LogP contribution in [-0.4, -0.2) is 18.6 Å². The van der Waals surface area contributed by atoms with Gasteiger partial charge in [-0.05, 0) is 32.4 Å². The van der Waals surface area contributed by atoms with Crippen molar-refractivity contribution in [1.29, 1.82) is 0 Å². The summed E-state index contributed by atoms with van der Waals surface area (Å²) in [5, 5.41) is 2.86. The molecular weight excluding hydrogens is 320 g/mol. The van der Waals surface area contributed by atoms with E-state index in [1.165, 1.54) is 0 Å². The van der Waals surface area contributed by atoms with E-state index < -0.39 is 6.10 Å². The van der Waals surface area contributed by atoms with Crippen LogP contribution in [0.4, 0.5) is 0 Å². The lowest BCUT2D eigenvalue weighted by atomic mass is 10.1. The molecule has 3 N–H and O–H groups in total. The van der Waals surface area contributed by atoms with Crippen LogP contribution < -0.4 is 15.8 Å². The van der Waals surface area contributed by atoms with E-state index >= 15 is 0 Å². The third kappa shape index (κ3) is 5.13. The Hall–Kier alpha value is -1.07. The Morgan fingerprint density at radius 3 is 2.75 bits per heavy atom. The number of carbonyl (C=O) groups is 1. The van der Waals surface area contributed by atoms with Gasteiger partial charge in [-0.1, -0.05) is 35.3 Å². The fraction of sp³-hybridized carbons (Fsp3) is 0.533. The molecule has 0 heterocycles. The number of carbonyl (C=O) groups excluding carboxylic acids is 1. The van der Waals surface area contributed by atoms with Crippen molar-refractivity contribution in [3.05, 3.63) is 28.2 Å². The molecule has 1 amide bonds. The molecule has 0 aliphatic carbocycles. The Morgan fingerprint density at radius 2 is 2.15 bits per heavy atom. The van der Waals surface area contributed by atoms with Crippen LogP contribution in [0.3, 0.4) is 0 Å². The van der Waals surface area contributed by atoms with Crippen molar-refractivity contribution >= 4 is 21.8 Å². The molecule has 1 aromatic carbocycles. The van der Waals surface area contributed by atoms with E-state index in [1.54, 1.807) is 6.92 Å². The minimum absolute atomic E-state index is 0.103. The minimum atomic E-state index is -0.543. The fourth-order valence-corrected chi connectivity index (χ4v) is 2.10. The summed E-state index contributed by atoms with van der Waals surface area (Å²) >= 11 is 3.40. The zero-order valence-electron chi connectivity index (χ0n) is 12.3. The van der Waals surface area contributed by atoms with E-state index in [0.717, 1.165) is 22.9 Å². The van der Waals surface area contributed by atoms with Gasteiger partial charge in [0.2, 0.25) is 0 Å². The van der Waals surface area contributed by atoms with E-state index in [-0.39, 0.29) is 11.9 Å². The minimum Gasteiger partial charge on any atom is -0.481 e. The van der Waals surface area contributed by atoms with Crippen LogP contribution in [0.5, 0.6) is 5.75 Å².